The minimum absolute atomic E-state index is 0.0939. The number of esters is 1. The Morgan fingerprint density at radius 2 is 1.92 bits per heavy atom. The summed E-state index contributed by atoms with van der Waals surface area (Å²) in [5.74, 6) is -4.00. The molecule has 1 aromatic rings. The summed E-state index contributed by atoms with van der Waals surface area (Å²) in [6, 6.07) is 6.30. The van der Waals surface area contributed by atoms with Gasteiger partial charge in [0.1, 0.15) is 0 Å². The van der Waals surface area contributed by atoms with Crippen LogP contribution in [0.3, 0.4) is 0 Å². The van der Waals surface area contributed by atoms with Gasteiger partial charge in [0.05, 0.1) is 0 Å². The van der Waals surface area contributed by atoms with Crippen molar-refractivity contribution >= 4 is 29.5 Å². The summed E-state index contributed by atoms with van der Waals surface area (Å²) in [7, 11) is 0. The maximum absolute atomic E-state index is 12.2. The van der Waals surface area contributed by atoms with Crippen LogP contribution in [0.15, 0.2) is 29.4 Å². The van der Waals surface area contributed by atoms with Crippen LogP contribution in [-0.4, -0.2) is 41.3 Å². The number of oxime groups is 1. The van der Waals surface area contributed by atoms with Gasteiger partial charge in [-0.3, -0.25) is 19.7 Å². The number of benzene rings is 1. The van der Waals surface area contributed by atoms with E-state index in [1.807, 2.05) is 0 Å². The van der Waals surface area contributed by atoms with E-state index in [-0.39, 0.29) is 18.0 Å². The van der Waals surface area contributed by atoms with Crippen LogP contribution in [0, 0.1) is 0 Å². The van der Waals surface area contributed by atoms with Crippen molar-refractivity contribution in [1.82, 2.24) is 10.6 Å². The third-order valence-electron chi connectivity index (χ3n) is 2.66. The van der Waals surface area contributed by atoms with E-state index in [2.05, 4.69) is 20.5 Å². The van der Waals surface area contributed by atoms with Crippen molar-refractivity contribution in [2.45, 2.75) is 13.5 Å². The highest BCUT2D eigenvalue weighted by Crippen LogP contribution is 2.08. The first-order chi connectivity index (χ1) is 11.3. The van der Waals surface area contributed by atoms with E-state index in [1.165, 1.54) is 13.0 Å². The third kappa shape index (κ3) is 5.75. The van der Waals surface area contributed by atoms with Crippen molar-refractivity contribution in [2.24, 2.45) is 10.9 Å². The van der Waals surface area contributed by atoms with Crippen LogP contribution in [0.5, 0.6) is 0 Å². The van der Waals surface area contributed by atoms with Gasteiger partial charge in [-0.1, -0.05) is 23.4 Å². The lowest BCUT2D eigenvalue weighted by molar-refractivity contribution is -0.141. The molecule has 5 N–H and O–H groups in total. The van der Waals surface area contributed by atoms with Crippen molar-refractivity contribution in [1.29, 1.82) is 0 Å². The Bertz CT molecular complexity index is 686. The van der Waals surface area contributed by atoms with Gasteiger partial charge < -0.3 is 21.0 Å². The number of rotatable bonds is 5. The second-order valence-corrected chi connectivity index (χ2v) is 4.51. The first kappa shape index (κ1) is 18.6. The first-order valence-corrected chi connectivity index (χ1v) is 6.66. The molecule has 0 aliphatic heterocycles. The fourth-order valence-corrected chi connectivity index (χ4v) is 1.61. The van der Waals surface area contributed by atoms with Gasteiger partial charge in [-0.15, -0.1) is 0 Å². The molecule has 1 rings (SSSR count). The van der Waals surface area contributed by atoms with Crippen LogP contribution in [0.2, 0.25) is 0 Å². The monoisotopic (exact) mass is 336 g/mol. The Balaban J connectivity index is 2.84. The predicted molar refractivity (Wildman–Crippen MR) is 80.8 cm³/mol. The van der Waals surface area contributed by atoms with Gasteiger partial charge >= 0.3 is 5.97 Å². The zero-order valence-electron chi connectivity index (χ0n) is 12.7. The summed E-state index contributed by atoms with van der Waals surface area (Å²) in [6.45, 7) is 0.692. The highest BCUT2D eigenvalue weighted by atomic mass is 16.5. The second kappa shape index (κ2) is 8.88. The maximum atomic E-state index is 12.2. The van der Waals surface area contributed by atoms with E-state index >= 15 is 0 Å². The summed E-state index contributed by atoms with van der Waals surface area (Å²) < 4.78 is 4.43. The Kier molecular flexibility index (Phi) is 6.89. The molecule has 10 nitrogen and oxygen atoms in total. The number of ether oxygens (including phenoxy) is 1. The van der Waals surface area contributed by atoms with Gasteiger partial charge in [0.25, 0.3) is 17.6 Å². The van der Waals surface area contributed by atoms with Gasteiger partial charge in [0.2, 0.25) is 5.91 Å². The van der Waals surface area contributed by atoms with Crippen LogP contribution in [0.4, 0.5) is 0 Å². The van der Waals surface area contributed by atoms with Crippen LogP contribution < -0.4 is 16.4 Å². The molecule has 3 amide bonds. The summed E-state index contributed by atoms with van der Waals surface area (Å²) >= 11 is 0. The molecule has 24 heavy (non-hydrogen) atoms. The Hall–Kier alpha value is -3.43. The van der Waals surface area contributed by atoms with Crippen molar-refractivity contribution < 1.29 is 29.1 Å². The normalized spacial score (nSPS) is 10.6. The largest absolute Gasteiger partial charge is 0.450 e. The van der Waals surface area contributed by atoms with E-state index in [1.54, 1.807) is 18.2 Å². The molecule has 0 aliphatic carbocycles. The molecule has 0 spiro atoms. The quantitative estimate of drug-likeness (QED) is 0.175. The van der Waals surface area contributed by atoms with Crippen LogP contribution in [0.25, 0.3) is 0 Å². The van der Waals surface area contributed by atoms with Crippen molar-refractivity contribution in [2.75, 3.05) is 6.61 Å². The molecule has 0 aromatic heterocycles. The molecular formula is C14H16N4O6. The molecule has 0 saturated heterocycles. The lowest BCUT2D eigenvalue weighted by atomic mass is 10.1. The standard InChI is InChI=1S/C14H16N4O6/c1-8(19)16-6-9-4-2-3-5-10(9)13(21)17-12(18-23)14(22)24-7-11(15)20/h2-5,23H,6-7H2,1H3,(H2,15,20)(H,16,19)(H,17,18,21). The molecule has 10 heteroatoms. The lowest BCUT2D eigenvalue weighted by Crippen LogP contribution is -2.39. The van der Waals surface area contributed by atoms with Crippen LogP contribution in [0.1, 0.15) is 22.8 Å². The van der Waals surface area contributed by atoms with Crippen molar-refractivity contribution in [3.8, 4) is 0 Å². The summed E-state index contributed by atoms with van der Waals surface area (Å²) in [6.07, 6.45) is 0. The number of amidine groups is 1. The number of amides is 3. The molecule has 0 fully saturated rings. The highest BCUT2D eigenvalue weighted by molar-refractivity contribution is 6.38. The summed E-state index contributed by atoms with van der Waals surface area (Å²) in [5.41, 5.74) is 5.44. The maximum Gasteiger partial charge on any atom is 0.378 e. The van der Waals surface area contributed by atoms with E-state index in [0.29, 0.717) is 5.56 Å². The van der Waals surface area contributed by atoms with Crippen molar-refractivity contribution in [3.05, 3.63) is 35.4 Å². The van der Waals surface area contributed by atoms with Gasteiger partial charge in [0.15, 0.2) is 6.61 Å². The number of hydrogen-bond donors (Lipinski definition) is 4. The average molecular weight is 336 g/mol. The minimum Gasteiger partial charge on any atom is -0.450 e. The van der Waals surface area contributed by atoms with E-state index in [4.69, 9.17) is 10.9 Å². The molecule has 1 aromatic carbocycles. The van der Waals surface area contributed by atoms with Gasteiger partial charge in [-0.2, -0.15) is 0 Å². The number of hydrogen-bond acceptors (Lipinski definition) is 7. The Morgan fingerprint density at radius 1 is 1.25 bits per heavy atom. The topological polar surface area (TPSA) is 160 Å². The zero-order valence-corrected chi connectivity index (χ0v) is 12.7. The molecule has 0 saturated carbocycles. The van der Waals surface area contributed by atoms with Gasteiger partial charge in [-0.25, -0.2) is 4.79 Å². The molecule has 0 radical (unpaired) electrons. The number of primary amides is 1. The van der Waals surface area contributed by atoms with E-state index in [0.717, 1.165) is 0 Å². The molecule has 0 aliphatic rings. The third-order valence-corrected chi connectivity index (χ3v) is 2.66. The number of nitrogens with one attached hydrogen (secondary N) is 2. The Labute approximate surface area is 136 Å². The SMILES string of the molecule is CC(=O)NCc1ccccc1C(=O)NC(=NO)C(=O)OCC(N)=O. The van der Waals surface area contributed by atoms with Crippen LogP contribution >= 0.6 is 0 Å². The second-order valence-electron chi connectivity index (χ2n) is 4.51. The number of nitrogens with two attached hydrogens (primary N) is 1. The minimum atomic E-state index is -1.23. The molecule has 128 valence electrons. The molecule has 0 heterocycles. The fourth-order valence-electron chi connectivity index (χ4n) is 1.61. The molecular weight excluding hydrogens is 320 g/mol. The average Bonchev–Trinajstić information content (AvgIpc) is 2.55. The number of nitrogens with zero attached hydrogens (tertiary/aromatic N) is 1. The smallest absolute Gasteiger partial charge is 0.378 e. The molecule has 0 bridgehead atoms. The highest BCUT2D eigenvalue weighted by Gasteiger charge is 2.20. The van der Waals surface area contributed by atoms with E-state index in [9.17, 15) is 19.2 Å². The molecule has 0 unspecified atom stereocenters. The van der Waals surface area contributed by atoms with Crippen molar-refractivity contribution in [3.63, 3.8) is 0 Å². The van der Waals surface area contributed by atoms with Gasteiger partial charge in [-0.05, 0) is 11.6 Å². The molecule has 0 atom stereocenters. The van der Waals surface area contributed by atoms with E-state index < -0.39 is 30.2 Å². The first-order valence-electron chi connectivity index (χ1n) is 6.66. The van der Waals surface area contributed by atoms with Crippen LogP contribution in [-0.2, 0) is 25.7 Å². The summed E-state index contributed by atoms with van der Waals surface area (Å²) in [5, 5.41) is 16.0. The predicted octanol–water partition coefficient (Wildman–Crippen LogP) is -1.13. The fraction of sp³-hybridized carbons (Fsp3) is 0.214. The summed E-state index contributed by atoms with van der Waals surface area (Å²) in [4.78, 5) is 45.3. The number of carbonyl (C=O) groups is 4. The zero-order chi connectivity index (χ0) is 18.1. The Morgan fingerprint density at radius 3 is 2.50 bits per heavy atom. The van der Waals surface area contributed by atoms with Gasteiger partial charge in [0, 0.05) is 19.0 Å². The lowest BCUT2D eigenvalue weighted by Gasteiger charge is -2.10. The number of carbonyl (C=O) groups excluding carboxylic acids is 4.